The number of fused-ring (bicyclic) bond motifs is 1. The first kappa shape index (κ1) is 12.7. The summed E-state index contributed by atoms with van der Waals surface area (Å²) in [5, 5.41) is 6.46. The molecule has 19 heavy (non-hydrogen) atoms. The van der Waals surface area contributed by atoms with Gasteiger partial charge in [-0.3, -0.25) is 0 Å². The first-order chi connectivity index (χ1) is 9.20. The predicted octanol–water partition coefficient (Wildman–Crippen LogP) is 4.16. The molecule has 1 aliphatic heterocycles. The fourth-order valence-electron chi connectivity index (χ4n) is 3.39. The molecule has 0 aliphatic carbocycles. The van der Waals surface area contributed by atoms with Crippen molar-refractivity contribution in [2.45, 2.75) is 38.6 Å². The Morgan fingerprint density at radius 1 is 1.11 bits per heavy atom. The maximum atomic E-state index is 3.77. The molecular weight excluding hydrogens is 230 g/mol. The van der Waals surface area contributed by atoms with Crippen LogP contribution in [0.4, 0.5) is 0 Å². The van der Waals surface area contributed by atoms with Gasteiger partial charge in [0.2, 0.25) is 0 Å². The number of benzene rings is 2. The summed E-state index contributed by atoms with van der Waals surface area (Å²) in [6.45, 7) is 5.87. The predicted molar refractivity (Wildman–Crippen MR) is 82.5 cm³/mol. The summed E-state index contributed by atoms with van der Waals surface area (Å²) in [4.78, 5) is 0. The maximum Gasteiger partial charge on any atom is 0.0245 e. The Morgan fingerprint density at radius 3 is 2.58 bits per heavy atom. The van der Waals surface area contributed by atoms with E-state index in [1.165, 1.54) is 35.7 Å². The van der Waals surface area contributed by atoms with Gasteiger partial charge < -0.3 is 5.32 Å². The van der Waals surface area contributed by atoms with Crippen molar-refractivity contribution < 1.29 is 0 Å². The molecule has 0 saturated carbocycles. The van der Waals surface area contributed by atoms with Gasteiger partial charge in [0, 0.05) is 5.54 Å². The van der Waals surface area contributed by atoms with Crippen molar-refractivity contribution in [3.8, 4) is 0 Å². The molecule has 1 heteroatoms. The SMILES string of the molecule is CC(C)C1(Cc2ccc3ccccc3c2)CCCN1. The molecule has 0 spiro atoms. The van der Waals surface area contributed by atoms with E-state index < -0.39 is 0 Å². The zero-order valence-electron chi connectivity index (χ0n) is 11.9. The molecule has 100 valence electrons. The molecular formula is C18H23N. The molecule has 0 aromatic heterocycles. The molecule has 1 aliphatic rings. The van der Waals surface area contributed by atoms with E-state index in [1.54, 1.807) is 0 Å². The second-order valence-electron chi connectivity index (χ2n) is 6.20. The average molecular weight is 253 g/mol. The summed E-state index contributed by atoms with van der Waals surface area (Å²) in [7, 11) is 0. The van der Waals surface area contributed by atoms with Crippen LogP contribution >= 0.6 is 0 Å². The highest BCUT2D eigenvalue weighted by atomic mass is 15.0. The third-order valence-electron chi connectivity index (χ3n) is 4.72. The molecule has 1 saturated heterocycles. The van der Waals surface area contributed by atoms with Crippen LogP contribution in [0.1, 0.15) is 32.3 Å². The van der Waals surface area contributed by atoms with E-state index >= 15 is 0 Å². The third-order valence-corrected chi connectivity index (χ3v) is 4.72. The molecule has 2 aromatic carbocycles. The number of nitrogens with one attached hydrogen (secondary N) is 1. The Balaban J connectivity index is 1.92. The first-order valence-electron chi connectivity index (χ1n) is 7.42. The molecule has 3 rings (SSSR count). The van der Waals surface area contributed by atoms with E-state index in [9.17, 15) is 0 Å². The fraction of sp³-hybridized carbons (Fsp3) is 0.444. The van der Waals surface area contributed by atoms with Crippen molar-refractivity contribution in [2.75, 3.05) is 6.54 Å². The zero-order valence-corrected chi connectivity index (χ0v) is 11.9. The lowest BCUT2D eigenvalue weighted by Gasteiger charge is -2.34. The molecule has 1 nitrogen and oxygen atoms in total. The Bertz CT molecular complexity index is 565. The molecule has 1 atom stereocenters. The zero-order chi connectivity index (χ0) is 13.3. The van der Waals surface area contributed by atoms with Gasteiger partial charge in [-0.25, -0.2) is 0 Å². The summed E-state index contributed by atoms with van der Waals surface area (Å²) < 4.78 is 0. The van der Waals surface area contributed by atoms with Crippen LogP contribution in [0.2, 0.25) is 0 Å². The second-order valence-corrected chi connectivity index (χ2v) is 6.20. The monoisotopic (exact) mass is 253 g/mol. The van der Waals surface area contributed by atoms with Gasteiger partial charge in [-0.1, -0.05) is 56.3 Å². The minimum atomic E-state index is 0.308. The van der Waals surface area contributed by atoms with Gasteiger partial charge >= 0.3 is 0 Å². The average Bonchev–Trinajstić information content (AvgIpc) is 2.88. The van der Waals surface area contributed by atoms with Crippen LogP contribution in [-0.4, -0.2) is 12.1 Å². The lowest BCUT2D eigenvalue weighted by atomic mass is 9.79. The Hall–Kier alpha value is -1.34. The number of hydrogen-bond acceptors (Lipinski definition) is 1. The van der Waals surface area contributed by atoms with E-state index in [4.69, 9.17) is 0 Å². The highest BCUT2D eigenvalue weighted by Crippen LogP contribution is 2.32. The van der Waals surface area contributed by atoms with Crippen LogP contribution in [-0.2, 0) is 6.42 Å². The summed E-state index contributed by atoms with van der Waals surface area (Å²) in [5.41, 5.74) is 1.77. The molecule has 1 heterocycles. The highest BCUT2D eigenvalue weighted by Gasteiger charge is 2.36. The second kappa shape index (κ2) is 4.97. The lowest BCUT2D eigenvalue weighted by molar-refractivity contribution is 0.269. The van der Waals surface area contributed by atoms with Gasteiger partial charge in [-0.05, 0) is 48.1 Å². The summed E-state index contributed by atoms with van der Waals surface area (Å²) in [5.74, 6) is 0.682. The summed E-state index contributed by atoms with van der Waals surface area (Å²) in [6, 6.07) is 15.5. The minimum absolute atomic E-state index is 0.308. The number of hydrogen-bond donors (Lipinski definition) is 1. The summed E-state index contributed by atoms with van der Waals surface area (Å²) >= 11 is 0. The van der Waals surface area contributed by atoms with Crippen LogP contribution in [0.25, 0.3) is 10.8 Å². The molecule has 1 fully saturated rings. The largest absolute Gasteiger partial charge is 0.311 e. The van der Waals surface area contributed by atoms with Gasteiger partial charge in [-0.2, -0.15) is 0 Å². The Kier molecular flexibility index (Phi) is 3.32. The van der Waals surface area contributed by atoms with E-state index in [0.717, 1.165) is 6.42 Å². The van der Waals surface area contributed by atoms with Gasteiger partial charge in [0.1, 0.15) is 0 Å². The van der Waals surface area contributed by atoms with Crippen LogP contribution in [0.15, 0.2) is 42.5 Å². The molecule has 0 radical (unpaired) electrons. The standard InChI is InChI=1S/C18H23N/c1-14(2)18(10-5-11-19-18)13-15-8-9-16-6-3-4-7-17(16)12-15/h3-4,6-9,12,14,19H,5,10-11,13H2,1-2H3. The van der Waals surface area contributed by atoms with Gasteiger partial charge in [-0.15, -0.1) is 0 Å². The fourth-order valence-corrected chi connectivity index (χ4v) is 3.39. The molecule has 0 bridgehead atoms. The molecule has 1 unspecified atom stereocenters. The van der Waals surface area contributed by atoms with Crippen LogP contribution in [0.3, 0.4) is 0 Å². The topological polar surface area (TPSA) is 12.0 Å². The van der Waals surface area contributed by atoms with Crippen molar-refractivity contribution in [3.63, 3.8) is 0 Å². The van der Waals surface area contributed by atoms with Gasteiger partial charge in [0.25, 0.3) is 0 Å². The van der Waals surface area contributed by atoms with Crippen molar-refractivity contribution in [1.29, 1.82) is 0 Å². The Morgan fingerprint density at radius 2 is 1.89 bits per heavy atom. The quantitative estimate of drug-likeness (QED) is 0.866. The maximum absolute atomic E-state index is 3.77. The minimum Gasteiger partial charge on any atom is -0.311 e. The van der Waals surface area contributed by atoms with E-state index in [-0.39, 0.29) is 0 Å². The van der Waals surface area contributed by atoms with Gasteiger partial charge in [0.15, 0.2) is 0 Å². The molecule has 0 amide bonds. The van der Waals surface area contributed by atoms with E-state index in [2.05, 4.69) is 61.6 Å². The van der Waals surface area contributed by atoms with Crippen molar-refractivity contribution in [2.24, 2.45) is 5.92 Å². The first-order valence-corrected chi connectivity index (χ1v) is 7.42. The smallest absolute Gasteiger partial charge is 0.0245 e. The van der Waals surface area contributed by atoms with Crippen LogP contribution in [0.5, 0.6) is 0 Å². The van der Waals surface area contributed by atoms with Crippen LogP contribution < -0.4 is 5.32 Å². The van der Waals surface area contributed by atoms with E-state index in [1.807, 2.05) is 0 Å². The normalized spacial score (nSPS) is 23.3. The molecule has 1 N–H and O–H groups in total. The van der Waals surface area contributed by atoms with Crippen molar-refractivity contribution in [1.82, 2.24) is 5.32 Å². The Labute approximate surface area is 116 Å². The van der Waals surface area contributed by atoms with Gasteiger partial charge in [0.05, 0.1) is 0 Å². The van der Waals surface area contributed by atoms with Crippen molar-refractivity contribution >= 4 is 10.8 Å². The van der Waals surface area contributed by atoms with Crippen LogP contribution in [0, 0.1) is 5.92 Å². The summed E-state index contributed by atoms with van der Waals surface area (Å²) in [6.07, 6.45) is 3.76. The van der Waals surface area contributed by atoms with E-state index in [0.29, 0.717) is 11.5 Å². The molecule has 2 aromatic rings. The van der Waals surface area contributed by atoms with Crippen molar-refractivity contribution in [3.05, 3.63) is 48.0 Å². The highest BCUT2D eigenvalue weighted by molar-refractivity contribution is 5.83. The third kappa shape index (κ3) is 2.40. The number of rotatable bonds is 3. The lowest BCUT2D eigenvalue weighted by Crippen LogP contribution is -2.46.